The number of rotatable bonds is 8. The fraction of sp³-hybridized carbons (Fsp3) is 0.364. The molecule has 4 atom stereocenters. The zero-order chi connectivity index (χ0) is 32.4. The summed E-state index contributed by atoms with van der Waals surface area (Å²) in [5.74, 6) is -3.84. The molecule has 1 heterocycles. The lowest BCUT2D eigenvalue weighted by Gasteiger charge is -2.37. The Hall–Kier alpha value is -3.71. The number of carbonyl (C=O) groups is 2. The first kappa shape index (κ1) is 33.2. The summed E-state index contributed by atoms with van der Waals surface area (Å²) in [6.07, 6.45) is 0.322. The van der Waals surface area contributed by atoms with Crippen molar-refractivity contribution in [1.82, 2.24) is 5.32 Å². The molecular formula is C33H33Cl2F2N3O4. The Bertz CT molecular complexity index is 1620. The van der Waals surface area contributed by atoms with E-state index in [2.05, 4.69) is 16.7 Å². The Morgan fingerprint density at radius 2 is 1.84 bits per heavy atom. The second-order valence-electron chi connectivity index (χ2n) is 11.8. The Labute approximate surface area is 265 Å². The summed E-state index contributed by atoms with van der Waals surface area (Å²) in [5.41, 5.74) is -1.78. The molecule has 7 nitrogen and oxygen atoms in total. The van der Waals surface area contributed by atoms with E-state index in [1.807, 2.05) is 20.8 Å². The monoisotopic (exact) mass is 643 g/mol. The van der Waals surface area contributed by atoms with Crippen molar-refractivity contribution >= 4 is 40.8 Å². The maximum Gasteiger partial charge on any atom is 0.338 e. The van der Waals surface area contributed by atoms with Crippen molar-refractivity contribution in [3.8, 4) is 11.8 Å². The predicted octanol–water partition coefficient (Wildman–Crippen LogP) is 7.42. The third-order valence-electron chi connectivity index (χ3n) is 7.70. The molecule has 1 aliphatic rings. The minimum Gasteiger partial charge on any atom is -0.495 e. The largest absolute Gasteiger partial charge is 0.495 e. The average Bonchev–Trinajstić information content (AvgIpc) is 3.27. The molecule has 0 unspecified atom stereocenters. The molecule has 1 fully saturated rings. The van der Waals surface area contributed by atoms with Gasteiger partial charge >= 0.3 is 5.97 Å². The molecule has 1 amide bonds. The molecule has 0 spiro atoms. The van der Waals surface area contributed by atoms with Crippen molar-refractivity contribution in [1.29, 1.82) is 5.26 Å². The van der Waals surface area contributed by atoms with Crippen molar-refractivity contribution in [2.24, 2.45) is 5.41 Å². The highest BCUT2D eigenvalue weighted by Crippen LogP contribution is 2.53. The highest BCUT2D eigenvalue weighted by molar-refractivity contribution is 6.31. The van der Waals surface area contributed by atoms with E-state index in [1.54, 1.807) is 6.92 Å². The van der Waals surface area contributed by atoms with Gasteiger partial charge in [-0.1, -0.05) is 62.2 Å². The second kappa shape index (κ2) is 13.1. The molecular weight excluding hydrogens is 611 g/mol. The van der Waals surface area contributed by atoms with Gasteiger partial charge in [0.2, 0.25) is 5.91 Å². The molecule has 3 aromatic carbocycles. The topological polar surface area (TPSA) is 100 Å². The van der Waals surface area contributed by atoms with Crippen LogP contribution < -0.4 is 15.4 Å². The quantitative estimate of drug-likeness (QED) is 0.248. The number of nitriles is 1. The summed E-state index contributed by atoms with van der Waals surface area (Å²) >= 11 is 12.3. The fourth-order valence-corrected chi connectivity index (χ4v) is 6.24. The van der Waals surface area contributed by atoms with Crippen LogP contribution in [0.1, 0.15) is 61.5 Å². The third-order valence-corrected chi connectivity index (χ3v) is 8.23. The number of anilines is 1. The van der Waals surface area contributed by atoms with E-state index >= 15 is 8.78 Å². The van der Waals surface area contributed by atoms with Gasteiger partial charge in [-0.2, -0.15) is 5.26 Å². The van der Waals surface area contributed by atoms with Gasteiger partial charge in [-0.15, -0.1) is 0 Å². The Kier molecular flexibility index (Phi) is 9.89. The number of halogens is 4. The second-order valence-corrected chi connectivity index (χ2v) is 12.7. The van der Waals surface area contributed by atoms with Crippen molar-refractivity contribution in [2.75, 3.05) is 19.0 Å². The molecule has 1 aliphatic heterocycles. The van der Waals surface area contributed by atoms with Gasteiger partial charge in [0.05, 0.1) is 42.1 Å². The van der Waals surface area contributed by atoms with Crippen molar-refractivity contribution < 1.29 is 27.8 Å². The molecule has 0 bridgehead atoms. The minimum atomic E-state index is -1.77. The molecule has 0 aromatic heterocycles. The Morgan fingerprint density at radius 3 is 2.45 bits per heavy atom. The zero-order valence-corrected chi connectivity index (χ0v) is 26.4. The number of nitrogens with zero attached hydrogens (tertiary/aromatic N) is 1. The van der Waals surface area contributed by atoms with Crippen LogP contribution in [0.3, 0.4) is 0 Å². The van der Waals surface area contributed by atoms with Gasteiger partial charge in [-0.25, -0.2) is 13.6 Å². The summed E-state index contributed by atoms with van der Waals surface area (Å²) < 4.78 is 42.2. The number of carbonyl (C=O) groups excluding carboxylic acids is 2. The van der Waals surface area contributed by atoms with Gasteiger partial charge in [0.1, 0.15) is 22.8 Å². The first-order chi connectivity index (χ1) is 20.8. The number of esters is 1. The van der Waals surface area contributed by atoms with Crippen LogP contribution >= 0.6 is 23.2 Å². The van der Waals surface area contributed by atoms with Crippen LogP contribution in [0, 0.1) is 28.4 Å². The first-order valence-corrected chi connectivity index (χ1v) is 14.8. The highest BCUT2D eigenvalue weighted by Gasteiger charge is 2.61. The summed E-state index contributed by atoms with van der Waals surface area (Å²) in [5, 5.41) is 17.0. The number of nitrogens with one attached hydrogen (secondary N) is 2. The van der Waals surface area contributed by atoms with E-state index in [-0.39, 0.29) is 44.8 Å². The van der Waals surface area contributed by atoms with Crippen LogP contribution in [0.4, 0.5) is 14.5 Å². The molecule has 232 valence electrons. The van der Waals surface area contributed by atoms with Crippen molar-refractivity contribution in [2.45, 2.75) is 57.5 Å². The maximum absolute atomic E-state index is 15.9. The molecule has 0 aliphatic carbocycles. The summed E-state index contributed by atoms with van der Waals surface area (Å²) in [7, 11) is 1.38. The smallest absolute Gasteiger partial charge is 0.338 e. The van der Waals surface area contributed by atoms with Crippen LogP contribution in [-0.2, 0) is 14.9 Å². The van der Waals surface area contributed by atoms with E-state index in [1.165, 1.54) is 55.6 Å². The fourth-order valence-electron chi connectivity index (χ4n) is 5.90. The third kappa shape index (κ3) is 6.39. The molecule has 11 heteroatoms. The van der Waals surface area contributed by atoms with Gasteiger partial charge in [-0.3, -0.25) is 4.79 Å². The number of hydrogen-bond donors (Lipinski definition) is 2. The van der Waals surface area contributed by atoms with Gasteiger partial charge < -0.3 is 20.1 Å². The van der Waals surface area contributed by atoms with Crippen LogP contribution in [0.2, 0.25) is 10.0 Å². The predicted molar refractivity (Wildman–Crippen MR) is 165 cm³/mol. The van der Waals surface area contributed by atoms with Crippen LogP contribution in [0.15, 0.2) is 54.6 Å². The zero-order valence-electron chi connectivity index (χ0n) is 24.9. The van der Waals surface area contributed by atoms with E-state index in [0.717, 1.165) is 6.07 Å². The SMILES string of the molecule is CCOC(=O)c1ccc(NC(=O)[C@H]2N[C@@H](CC(C)(C)C)[C@](C#N)(c3ccc(Cl)cc3F)[C@H]2c2cccc(Cl)c2F)c(OC)c1. The summed E-state index contributed by atoms with van der Waals surface area (Å²) in [6.45, 7) is 7.72. The molecule has 44 heavy (non-hydrogen) atoms. The van der Waals surface area contributed by atoms with E-state index in [0.29, 0.717) is 6.42 Å². The van der Waals surface area contributed by atoms with Crippen LogP contribution in [0.5, 0.6) is 5.75 Å². The van der Waals surface area contributed by atoms with Gasteiger partial charge in [0.15, 0.2) is 0 Å². The summed E-state index contributed by atoms with van der Waals surface area (Å²) in [6, 6.07) is 12.9. The Morgan fingerprint density at radius 1 is 1.11 bits per heavy atom. The number of amides is 1. The lowest BCUT2D eigenvalue weighted by atomic mass is 9.62. The lowest BCUT2D eigenvalue weighted by molar-refractivity contribution is -0.118. The number of hydrogen-bond acceptors (Lipinski definition) is 6. The lowest BCUT2D eigenvalue weighted by Crippen LogP contribution is -2.45. The molecule has 0 radical (unpaired) electrons. The van der Waals surface area contributed by atoms with Crippen LogP contribution in [0.25, 0.3) is 0 Å². The average molecular weight is 645 g/mol. The minimum absolute atomic E-state index is 0.0257. The van der Waals surface area contributed by atoms with Crippen molar-refractivity contribution in [3.05, 3.63) is 93.0 Å². The first-order valence-electron chi connectivity index (χ1n) is 14.0. The molecule has 0 saturated carbocycles. The van der Waals surface area contributed by atoms with E-state index in [4.69, 9.17) is 32.7 Å². The molecule has 2 N–H and O–H groups in total. The molecule has 1 saturated heterocycles. The van der Waals surface area contributed by atoms with Gasteiger partial charge in [-0.05, 0) is 60.7 Å². The van der Waals surface area contributed by atoms with E-state index in [9.17, 15) is 14.9 Å². The maximum atomic E-state index is 15.9. The van der Waals surface area contributed by atoms with Gasteiger partial charge in [0.25, 0.3) is 0 Å². The van der Waals surface area contributed by atoms with Crippen molar-refractivity contribution in [3.63, 3.8) is 0 Å². The van der Waals surface area contributed by atoms with Crippen LogP contribution in [-0.4, -0.2) is 37.7 Å². The molecule has 3 aromatic rings. The summed E-state index contributed by atoms with van der Waals surface area (Å²) in [4.78, 5) is 26.4. The number of benzene rings is 3. The standard InChI is InChI=1S/C33H33Cl2F2N3O4/c1-6-44-31(42)18-10-13-24(25(14-18)43-5)39-30(41)29-27(20-8-7-9-22(35)28(20)37)33(17-38,26(40-29)16-32(2,3)4)21-12-11-19(34)15-23(21)36/h7-15,26-27,29,40H,6,16H2,1-5H3,(H,39,41)/t26-,27-,29-,33-/m0/s1. The molecule has 4 rings (SSSR count). The van der Waals surface area contributed by atoms with E-state index < -0.39 is 52.3 Å². The normalized spacial score (nSPS) is 21.4. The van der Waals surface area contributed by atoms with Gasteiger partial charge in [0, 0.05) is 22.5 Å². The Balaban J connectivity index is 1.91. The number of ether oxygens (including phenoxy) is 2. The highest BCUT2D eigenvalue weighted by atomic mass is 35.5. The number of methoxy groups -OCH3 is 1.